The number of rotatable bonds is 3. The molecule has 6 nitrogen and oxygen atoms in total. The number of hydrogen-bond donors (Lipinski definition) is 2. The normalized spacial score (nSPS) is 11.2. The zero-order valence-corrected chi connectivity index (χ0v) is 16.5. The maximum absolute atomic E-state index is 12.6. The third kappa shape index (κ3) is 6.55. The van der Waals surface area contributed by atoms with E-state index >= 15 is 0 Å². The number of aromatic nitrogens is 3. The first-order valence-corrected chi connectivity index (χ1v) is 7.33. The molecule has 1 aromatic carbocycles. The topological polar surface area (TPSA) is 67.1 Å². The van der Waals surface area contributed by atoms with Gasteiger partial charge in [0.15, 0.2) is 5.96 Å². The van der Waals surface area contributed by atoms with E-state index in [2.05, 4.69) is 37.5 Å². The third-order valence-corrected chi connectivity index (χ3v) is 3.21. The van der Waals surface area contributed by atoms with Crippen LogP contribution in [-0.4, -0.2) is 34.3 Å². The molecule has 0 spiro atoms. The van der Waals surface area contributed by atoms with Crippen molar-refractivity contribution in [1.82, 2.24) is 25.4 Å². The van der Waals surface area contributed by atoms with Crippen LogP contribution in [0.1, 0.15) is 17.0 Å². The molecule has 0 saturated carbocycles. The quantitative estimate of drug-likeness (QED) is 0.307. The smallest absolute Gasteiger partial charge is 0.349 e. The molecule has 0 radical (unpaired) electrons. The van der Waals surface area contributed by atoms with Gasteiger partial charge in [0.05, 0.1) is 18.7 Å². The van der Waals surface area contributed by atoms with Crippen LogP contribution in [0.5, 0.6) is 0 Å². The van der Waals surface area contributed by atoms with Gasteiger partial charge < -0.3 is 10.6 Å². The lowest BCUT2D eigenvalue weighted by Crippen LogP contribution is -2.37. The summed E-state index contributed by atoms with van der Waals surface area (Å²) in [6, 6.07) is 4.90. The molecule has 0 bridgehead atoms. The van der Waals surface area contributed by atoms with E-state index in [0.717, 1.165) is 18.0 Å². The van der Waals surface area contributed by atoms with Crippen LogP contribution in [0.3, 0.4) is 0 Å². The highest BCUT2D eigenvalue weighted by Crippen LogP contribution is 2.29. The van der Waals surface area contributed by atoms with E-state index in [9.17, 15) is 13.2 Å². The minimum absolute atomic E-state index is 0. The van der Waals surface area contributed by atoms with Crippen LogP contribution in [0, 0.1) is 11.8 Å². The Morgan fingerprint density at radius 2 is 2.08 bits per heavy atom. The summed E-state index contributed by atoms with van der Waals surface area (Å²) in [6.07, 6.45) is -2.92. The van der Waals surface area contributed by atoms with Gasteiger partial charge in [0.1, 0.15) is 12.2 Å². The average Bonchev–Trinajstić information content (AvgIpc) is 2.99. The van der Waals surface area contributed by atoms with Crippen LogP contribution in [0.15, 0.2) is 35.6 Å². The first-order chi connectivity index (χ1) is 11.9. The minimum atomic E-state index is -4.37. The Hall–Kier alpha value is -2.29. The molecule has 2 rings (SSSR count). The molecule has 0 fully saturated rings. The molecule has 0 amide bonds. The first-order valence-electron chi connectivity index (χ1n) is 7.33. The van der Waals surface area contributed by atoms with Crippen molar-refractivity contribution in [1.29, 1.82) is 0 Å². The number of nitrogens with zero attached hydrogens (tertiary/aromatic N) is 4. The molecule has 140 valence electrons. The van der Waals surface area contributed by atoms with Crippen molar-refractivity contribution in [2.24, 2.45) is 12.0 Å². The van der Waals surface area contributed by atoms with Crippen molar-refractivity contribution in [3.05, 3.63) is 47.5 Å². The Labute approximate surface area is 166 Å². The van der Waals surface area contributed by atoms with Gasteiger partial charge in [-0.2, -0.15) is 18.3 Å². The minimum Gasteiger partial charge on any atom is -0.349 e. The Morgan fingerprint density at radius 3 is 2.69 bits per heavy atom. The van der Waals surface area contributed by atoms with E-state index in [1.807, 2.05) is 0 Å². The standard InChI is InChI=1S/C16H17F3N6.HI/c1-20-15(22-10-14-23-11-24-25(14)2)21-8-4-6-12-5-3-7-13(9-12)16(17,18)19;/h3,5,7,9,11H,8,10H2,1-2H3,(H2,20,21,22);1H. The van der Waals surface area contributed by atoms with Crippen LogP contribution >= 0.6 is 24.0 Å². The maximum Gasteiger partial charge on any atom is 0.416 e. The molecule has 0 aliphatic heterocycles. The Balaban J connectivity index is 0.00000338. The SMILES string of the molecule is CN=C(NCC#Cc1cccc(C(F)(F)F)c1)NCc1ncnn1C.I. The number of benzene rings is 1. The van der Waals surface area contributed by atoms with Gasteiger partial charge in [-0.05, 0) is 18.2 Å². The Morgan fingerprint density at radius 1 is 1.31 bits per heavy atom. The average molecular weight is 478 g/mol. The van der Waals surface area contributed by atoms with Crippen LogP contribution in [0.4, 0.5) is 13.2 Å². The largest absolute Gasteiger partial charge is 0.416 e. The third-order valence-electron chi connectivity index (χ3n) is 3.21. The molecule has 1 aromatic heterocycles. The lowest BCUT2D eigenvalue weighted by molar-refractivity contribution is -0.137. The van der Waals surface area contributed by atoms with Crippen molar-refractivity contribution in [2.75, 3.05) is 13.6 Å². The van der Waals surface area contributed by atoms with Gasteiger partial charge >= 0.3 is 6.18 Å². The molecular formula is C16H18F3IN6. The van der Waals surface area contributed by atoms with Gasteiger partial charge in [-0.3, -0.25) is 9.67 Å². The van der Waals surface area contributed by atoms with Gasteiger partial charge in [-0.15, -0.1) is 24.0 Å². The van der Waals surface area contributed by atoms with Crippen LogP contribution in [0.2, 0.25) is 0 Å². The van der Waals surface area contributed by atoms with Crippen LogP contribution in [-0.2, 0) is 19.8 Å². The number of guanidine groups is 1. The summed E-state index contributed by atoms with van der Waals surface area (Å²) in [5.74, 6) is 6.70. The number of alkyl halides is 3. The summed E-state index contributed by atoms with van der Waals surface area (Å²) in [4.78, 5) is 8.10. The molecule has 0 aliphatic rings. The van der Waals surface area contributed by atoms with E-state index in [1.54, 1.807) is 18.8 Å². The Bertz CT molecular complexity index is 804. The first kappa shape index (κ1) is 21.8. The summed E-state index contributed by atoms with van der Waals surface area (Å²) < 4.78 is 39.6. The second kappa shape index (κ2) is 10.0. The van der Waals surface area contributed by atoms with Crippen LogP contribution in [0.25, 0.3) is 0 Å². The van der Waals surface area contributed by atoms with Crippen molar-refractivity contribution < 1.29 is 13.2 Å². The predicted octanol–water partition coefficient (Wildman–Crippen LogP) is 2.17. The van der Waals surface area contributed by atoms with Gasteiger partial charge in [-0.1, -0.05) is 17.9 Å². The zero-order valence-electron chi connectivity index (χ0n) is 14.1. The van der Waals surface area contributed by atoms with E-state index in [0.29, 0.717) is 18.1 Å². The molecule has 0 saturated heterocycles. The van der Waals surface area contributed by atoms with Crippen LogP contribution < -0.4 is 10.6 Å². The van der Waals surface area contributed by atoms with Crippen molar-refractivity contribution >= 4 is 29.9 Å². The highest BCUT2D eigenvalue weighted by molar-refractivity contribution is 14.0. The van der Waals surface area contributed by atoms with Crippen molar-refractivity contribution in [3.63, 3.8) is 0 Å². The van der Waals surface area contributed by atoms with E-state index in [4.69, 9.17) is 0 Å². The lowest BCUT2D eigenvalue weighted by Gasteiger charge is -2.09. The summed E-state index contributed by atoms with van der Waals surface area (Å²) in [5.41, 5.74) is -0.410. The van der Waals surface area contributed by atoms with Gasteiger partial charge in [0.2, 0.25) is 0 Å². The van der Waals surface area contributed by atoms with E-state index < -0.39 is 11.7 Å². The molecule has 1 heterocycles. The number of aliphatic imine (C=N–C) groups is 1. The number of nitrogens with one attached hydrogen (secondary N) is 2. The van der Waals surface area contributed by atoms with Gasteiger partial charge in [0.25, 0.3) is 0 Å². The van der Waals surface area contributed by atoms with E-state index in [-0.39, 0.29) is 30.5 Å². The molecule has 2 aromatic rings. The zero-order chi connectivity index (χ0) is 18.3. The van der Waals surface area contributed by atoms with Crippen molar-refractivity contribution in [3.8, 4) is 11.8 Å². The fourth-order valence-corrected chi connectivity index (χ4v) is 1.91. The van der Waals surface area contributed by atoms with E-state index in [1.165, 1.54) is 18.5 Å². The molecule has 0 aliphatic carbocycles. The second-order valence-electron chi connectivity index (χ2n) is 4.96. The fraction of sp³-hybridized carbons (Fsp3) is 0.312. The molecule has 10 heteroatoms. The predicted molar refractivity (Wildman–Crippen MR) is 103 cm³/mol. The summed E-state index contributed by atoms with van der Waals surface area (Å²) in [5, 5.41) is 9.95. The summed E-state index contributed by atoms with van der Waals surface area (Å²) >= 11 is 0. The van der Waals surface area contributed by atoms with Gasteiger partial charge in [-0.25, -0.2) is 4.98 Å². The second-order valence-corrected chi connectivity index (χ2v) is 4.96. The number of aryl methyl sites for hydroxylation is 1. The number of halogens is 4. The van der Waals surface area contributed by atoms with Gasteiger partial charge in [0, 0.05) is 19.7 Å². The molecule has 0 unspecified atom stereocenters. The molecule has 26 heavy (non-hydrogen) atoms. The lowest BCUT2D eigenvalue weighted by atomic mass is 10.1. The summed E-state index contributed by atoms with van der Waals surface area (Å²) in [6.45, 7) is 0.659. The Kier molecular flexibility index (Phi) is 8.37. The highest BCUT2D eigenvalue weighted by atomic mass is 127. The fourth-order valence-electron chi connectivity index (χ4n) is 1.91. The monoisotopic (exact) mass is 478 g/mol. The molecule has 2 N–H and O–H groups in total. The summed E-state index contributed by atoms with van der Waals surface area (Å²) in [7, 11) is 3.38. The maximum atomic E-state index is 12.6. The highest BCUT2D eigenvalue weighted by Gasteiger charge is 2.30. The number of hydrogen-bond acceptors (Lipinski definition) is 3. The van der Waals surface area contributed by atoms with Crippen molar-refractivity contribution in [2.45, 2.75) is 12.7 Å². The molecule has 0 atom stereocenters. The molecular weight excluding hydrogens is 460 g/mol.